The van der Waals surface area contributed by atoms with E-state index < -0.39 is 0 Å². The first-order chi connectivity index (χ1) is 14.4. The van der Waals surface area contributed by atoms with Crippen LogP contribution >= 0.6 is 0 Å². The topological polar surface area (TPSA) is 164 Å². The van der Waals surface area contributed by atoms with Crippen LogP contribution in [0.4, 0.5) is 0 Å². The fourth-order valence-electron chi connectivity index (χ4n) is 1.08. The largest absolute Gasteiger partial charge is 0.792 e. The summed E-state index contributed by atoms with van der Waals surface area (Å²) in [7, 11) is 1.65. The molecule has 0 aliphatic carbocycles. The molecule has 173 valence electrons. The zero-order valence-corrected chi connectivity index (χ0v) is 18.8. The van der Waals surface area contributed by atoms with Crippen molar-refractivity contribution in [3.05, 3.63) is 81.8 Å². The molecule has 31 heavy (non-hydrogen) atoms. The summed E-state index contributed by atoms with van der Waals surface area (Å²) in [6.07, 6.45) is 3.50. The van der Waals surface area contributed by atoms with Crippen molar-refractivity contribution in [2.24, 2.45) is 20.6 Å². The van der Waals surface area contributed by atoms with Gasteiger partial charge in [0.05, 0.1) is 7.11 Å². The van der Waals surface area contributed by atoms with E-state index in [0.29, 0.717) is 0 Å². The summed E-state index contributed by atoms with van der Waals surface area (Å²) < 4.78 is 4.89. The summed E-state index contributed by atoms with van der Waals surface area (Å²) in [6, 6.07) is 16.0. The minimum Gasteiger partial charge on any atom is -0.792 e. The van der Waals surface area contributed by atoms with Crippen LogP contribution in [-0.4, -0.2) is 34.9 Å². The van der Waals surface area contributed by atoms with E-state index in [9.17, 15) is 20.8 Å². The van der Waals surface area contributed by atoms with Gasteiger partial charge in [0.25, 0.3) is 0 Å². The average molecular weight is 473 g/mol. The van der Waals surface area contributed by atoms with Gasteiger partial charge in [-0.1, -0.05) is 6.07 Å². The van der Waals surface area contributed by atoms with Crippen molar-refractivity contribution in [2.75, 3.05) is 7.11 Å². The zero-order chi connectivity index (χ0) is 23.2. The van der Waals surface area contributed by atoms with Crippen LogP contribution in [0.1, 0.15) is 27.7 Å². The van der Waals surface area contributed by atoms with E-state index in [1.165, 1.54) is 27.7 Å². The number of rotatable bonds is 3. The van der Waals surface area contributed by atoms with Crippen LogP contribution in [0, 0.1) is 26.9 Å². The fraction of sp³-hybridized carbons (Fsp3) is 0.250. The number of hydrogen-bond acceptors (Lipinski definition) is 10. The Morgan fingerprint density at radius 2 is 1.10 bits per heavy atom. The molecule has 0 saturated heterocycles. The molecule has 1 aromatic heterocycles. The Bertz CT molecular complexity index is 694. The van der Waals surface area contributed by atoms with Crippen molar-refractivity contribution in [3.8, 4) is 5.75 Å². The third-order valence-electron chi connectivity index (χ3n) is 3.08. The van der Waals surface area contributed by atoms with Crippen molar-refractivity contribution in [2.45, 2.75) is 27.7 Å². The maximum Gasteiger partial charge on any atom is 0.0743 e. The third-order valence-corrected chi connectivity index (χ3v) is 3.08. The Morgan fingerprint density at radius 3 is 1.26 bits per heavy atom. The van der Waals surface area contributed by atoms with Gasteiger partial charge >= 0.3 is 0 Å². The van der Waals surface area contributed by atoms with E-state index in [2.05, 4.69) is 31.7 Å². The number of nitrogens with zero attached hydrogens (tertiary/aromatic N) is 5. The van der Waals surface area contributed by atoms with Crippen LogP contribution < -0.4 is 4.74 Å². The summed E-state index contributed by atoms with van der Waals surface area (Å²) in [6.45, 7) is 5.74. The Labute approximate surface area is 192 Å². The van der Waals surface area contributed by atoms with Crippen LogP contribution in [-0.2, 0) is 16.8 Å². The van der Waals surface area contributed by atoms with Crippen molar-refractivity contribution in [1.29, 1.82) is 0 Å². The van der Waals surface area contributed by atoms with Crippen LogP contribution in [0.2, 0.25) is 0 Å². The monoisotopic (exact) mass is 473 g/mol. The minimum absolute atomic E-state index is 0. The standard InChI is InChI=1S/C7H7O.C5H5N.2C4H8N2O2.Co/c1-8-7-5-3-2-4-6-7;1-2-4-6-5-3-1;2*1-3(5-7)4(2)6-8;/h3-6H,1H3;1-5H;2*7-8H,1-2H3;/q-1;;;;/p-4. The molecule has 2 aromatic rings. The molecule has 0 atom stereocenters. The smallest absolute Gasteiger partial charge is 0.0743 e. The van der Waals surface area contributed by atoms with Gasteiger partial charge < -0.3 is 46.2 Å². The SMILES string of the molecule is CC(=N[O-])C(C)=N[O-].CC(=N[O-])C(C)=N[O-].COc1cc[c-]cc1.[Co].c1ccncc1. The van der Waals surface area contributed by atoms with Gasteiger partial charge in [0.2, 0.25) is 0 Å². The van der Waals surface area contributed by atoms with Crippen molar-refractivity contribution in [3.63, 3.8) is 0 Å². The second kappa shape index (κ2) is 22.8. The van der Waals surface area contributed by atoms with E-state index >= 15 is 0 Å². The number of benzene rings is 1. The quantitative estimate of drug-likeness (QED) is 0.365. The van der Waals surface area contributed by atoms with Crippen molar-refractivity contribution in [1.82, 2.24) is 4.98 Å². The molecule has 10 nitrogen and oxygen atoms in total. The summed E-state index contributed by atoms with van der Waals surface area (Å²) >= 11 is 0. The average Bonchev–Trinajstić information content (AvgIpc) is 2.84. The summed E-state index contributed by atoms with van der Waals surface area (Å²) in [5, 5.41) is 48.4. The van der Waals surface area contributed by atoms with Gasteiger partial charge in [0.1, 0.15) is 0 Å². The molecule has 1 aromatic carbocycles. The molecular formula is C20H24CoN5O5-5. The van der Waals surface area contributed by atoms with Gasteiger partial charge in [0, 0.05) is 57.8 Å². The predicted octanol–water partition coefficient (Wildman–Crippen LogP) is 4.38. The molecule has 0 bridgehead atoms. The molecule has 1 heterocycles. The van der Waals surface area contributed by atoms with Gasteiger partial charge in [-0.3, -0.25) is 4.98 Å². The Hall–Kier alpha value is -3.44. The molecule has 1 radical (unpaired) electrons. The van der Waals surface area contributed by atoms with Crippen LogP contribution in [0.15, 0.2) is 75.5 Å². The zero-order valence-electron chi connectivity index (χ0n) is 17.8. The molecule has 0 unspecified atom stereocenters. The van der Waals surface area contributed by atoms with Gasteiger partial charge in [-0.05, 0) is 39.8 Å². The van der Waals surface area contributed by atoms with Gasteiger partial charge in [0.15, 0.2) is 0 Å². The number of ether oxygens (including phenoxy) is 1. The number of methoxy groups -OCH3 is 1. The predicted molar refractivity (Wildman–Crippen MR) is 122 cm³/mol. The molecule has 0 amide bonds. The molecule has 0 aliphatic rings. The van der Waals surface area contributed by atoms with Crippen molar-refractivity contribution < 1.29 is 21.5 Å². The summed E-state index contributed by atoms with van der Waals surface area (Å²) in [4.78, 5) is 3.78. The third kappa shape index (κ3) is 19.6. The minimum atomic E-state index is 0. The van der Waals surface area contributed by atoms with Gasteiger partial charge in [-0.25, -0.2) is 0 Å². The Balaban J connectivity index is -0.000000335. The molecule has 0 aliphatic heterocycles. The molecule has 0 N–H and O–H groups in total. The van der Waals surface area contributed by atoms with E-state index in [-0.39, 0.29) is 39.6 Å². The van der Waals surface area contributed by atoms with Gasteiger partial charge in [-0.2, -0.15) is 18.2 Å². The molecule has 2 rings (SSSR count). The maximum absolute atomic E-state index is 9.60. The van der Waals surface area contributed by atoms with Crippen molar-refractivity contribution >= 4 is 22.8 Å². The molecule has 0 saturated carbocycles. The Morgan fingerprint density at radius 1 is 0.742 bits per heavy atom. The summed E-state index contributed by atoms with van der Waals surface area (Å²) in [5.74, 6) is 0.878. The van der Waals surface area contributed by atoms with E-state index in [0.717, 1.165) is 5.75 Å². The molecule has 0 spiro atoms. The van der Waals surface area contributed by atoms with Crippen LogP contribution in [0.25, 0.3) is 0 Å². The van der Waals surface area contributed by atoms with Crippen LogP contribution in [0.5, 0.6) is 5.75 Å². The molecule has 11 heteroatoms. The van der Waals surface area contributed by atoms with Crippen LogP contribution in [0.3, 0.4) is 0 Å². The maximum atomic E-state index is 9.60. The first kappa shape index (κ1) is 32.2. The van der Waals surface area contributed by atoms with E-state index in [4.69, 9.17) is 4.74 Å². The normalized spacial score (nSPS) is 11.1. The molecule has 0 fully saturated rings. The second-order valence-electron chi connectivity index (χ2n) is 5.17. The number of pyridine rings is 1. The van der Waals surface area contributed by atoms with Gasteiger partial charge in [-0.15, -0.1) is 12.1 Å². The van der Waals surface area contributed by atoms with E-state index in [1.54, 1.807) is 19.5 Å². The fourth-order valence-corrected chi connectivity index (χ4v) is 1.08. The first-order valence-corrected chi connectivity index (χ1v) is 8.41. The second-order valence-corrected chi connectivity index (χ2v) is 5.17. The number of hydrogen-bond donors (Lipinski definition) is 0. The Kier molecular flexibility index (Phi) is 23.7. The first-order valence-electron chi connectivity index (χ1n) is 8.41. The number of aromatic nitrogens is 1. The van der Waals surface area contributed by atoms with E-state index in [1.807, 2.05) is 42.5 Å². The summed E-state index contributed by atoms with van der Waals surface area (Å²) in [5.41, 5.74) is 0.556. The molecular weight excluding hydrogens is 449 g/mol.